The van der Waals surface area contributed by atoms with E-state index in [0.717, 1.165) is 0 Å². The molecule has 33 heavy (non-hydrogen) atoms. The fourth-order valence-electron chi connectivity index (χ4n) is 3.72. The largest absolute Gasteiger partial charge is 0.380 e. The van der Waals surface area contributed by atoms with Crippen molar-refractivity contribution in [2.75, 3.05) is 5.32 Å². The highest BCUT2D eigenvalue weighted by Crippen LogP contribution is 2.65. The van der Waals surface area contributed by atoms with Crippen LogP contribution in [-0.4, -0.2) is 21.1 Å². The second-order valence-electron chi connectivity index (χ2n) is 7.66. The maximum Gasteiger partial charge on any atom is 0.231 e. The number of carbonyl (C=O) groups excluding carboxylic acids is 2. The number of alkyl halides is 2. The molecule has 3 aromatic carbocycles. The van der Waals surface area contributed by atoms with Crippen molar-refractivity contribution in [2.24, 2.45) is 5.92 Å². The molecule has 0 heterocycles. The van der Waals surface area contributed by atoms with Crippen LogP contribution in [0.25, 0.3) is 0 Å². The van der Waals surface area contributed by atoms with Crippen molar-refractivity contribution in [3.05, 3.63) is 99.3 Å². The molecule has 170 valence electrons. The van der Waals surface area contributed by atoms with Gasteiger partial charge < -0.3 is 10.4 Å². The molecule has 0 spiro atoms. The molecule has 4 nitrogen and oxygen atoms in total. The summed E-state index contributed by atoms with van der Waals surface area (Å²) < 4.78 is 12.1. The highest BCUT2D eigenvalue weighted by molar-refractivity contribution is 6.53. The smallest absolute Gasteiger partial charge is 0.231 e. The first-order valence-corrected chi connectivity index (χ1v) is 11.3. The maximum atomic E-state index is 13.5. The summed E-state index contributed by atoms with van der Waals surface area (Å²) in [5, 5.41) is 13.2. The van der Waals surface area contributed by atoms with Crippen molar-refractivity contribution in [3.8, 4) is 0 Å². The highest BCUT2D eigenvalue weighted by Gasteiger charge is 2.67. The summed E-state index contributed by atoms with van der Waals surface area (Å²) in [4.78, 5) is 25.7. The zero-order valence-corrected chi connectivity index (χ0v) is 19.8. The van der Waals surface area contributed by atoms with E-state index in [1.165, 1.54) is 36.4 Å². The van der Waals surface area contributed by atoms with E-state index in [1.54, 1.807) is 30.3 Å². The fourth-order valence-corrected chi connectivity index (χ4v) is 4.95. The molecule has 3 aromatic rings. The van der Waals surface area contributed by atoms with Crippen molar-refractivity contribution in [2.45, 2.75) is 16.4 Å². The van der Waals surface area contributed by atoms with E-state index >= 15 is 0 Å². The number of Topliss-reactive ketones (excluding diaryl/α,β-unsaturated/α-hetero) is 1. The summed E-state index contributed by atoms with van der Waals surface area (Å²) >= 11 is 24.7. The number of aliphatic hydroxyl groups is 1. The SMILES string of the molecule is O=C(c1cc(NC(=O)C2C(c3ccc(F)c(Cl)c3)C2(Cl)Cl)ccc1Cl)C(O)c1ccccc1. The summed E-state index contributed by atoms with van der Waals surface area (Å²) in [5.41, 5.74) is 1.27. The van der Waals surface area contributed by atoms with Crippen LogP contribution < -0.4 is 5.32 Å². The minimum atomic E-state index is -1.41. The lowest BCUT2D eigenvalue weighted by Gasteiger charge is -2.13. The number of carbonyl (C=O) groups is 2. The lowest BCUT2D eigenvalue weighted by atomic mass is 9.99. The standard InChI is InChI=1S/C24H16Cl4FNO3/c25-16-8-7-14(11-15(16)22(32)21(31)12-4-2-1-3-5-12)30-23(33)20-19(24(20,27)28)13-6-9-18(29)17(26)10-13/h1-11,19-21,31H,(H,30,33). The molecular formula is C24H16Cl4FNO3. The highest BCUT2D eigenvalue weighted by atomic mass is 35.5. The van der Waals surface area contributed by atoms with Gasteiger partial charge in [0.05, 0.1) is 16.0 Å². The van der Waals surface area contributed by atoms with E-state index < -0.39 is 39.8 Å². The predicted molar refractivity (Wildman–Crippen MR) is 128 cm³/mol. The number of amides is 1. The zero-order chi connectivity index (χ0) is 23.9. The first-order chi connectivity index (χ1) is 15.6. The Morgan fingerprint density at radius 2 is 1.67 bits per heavy atom. The van der Waals surface area contributed by atoms with Gasteiger partial charge in [-0.2, -0.15) is 0 Å². The Balaban J connectivity index is 1.53. The van der Waals surface area contributed by atoms with Crippen LogP contribution in [0, 0.1) is 11.7 Å². The predicted octanol–water partition coefficient (Wildman–Crippen LogP) is 6.57. The lowest BCUT2D eigenvalue weighted by Crippen LogP contribution is -2.18. The molecule has 1 aliphatic rings. The van der Waals surface area contributed by atoms with Gasteiger partial charge >= 0.3 is 0 Å². The third-order valence-electron chi connectivity index (χ3n) is 5.50. The van der Waals surface area contributed by atoms with Gasteiger partial charge in [-0.05, 0) is 41.5 Å². The molecule has 0 saturated heterocycles. The summed E-state index contributed by atoms with van der Waals surface area (Å²) in [6.07, 6.45) is -1.41. The molecule has 0 aromatic heterocycles. The molecule has 1 amide bonds. The van der Waals surface area contributed by atoms with Gasteiger partial charge in [0, 0.05) is 17.2 Å². The van der Waals surface area contributed by atoms with E-state index in [1.807, 2.05) is 0 Å². The van der Waals surface area contributed by atoms with Crippen molar-refractivity contribution < 1.29 is 19.1 Å². The summed E-state index contributed by atoms with van der Waals surface area (Å²) in [7, 11) is 0. The summed E-state index contributed by atoms with van der Waals surface area (Å²) in [6.45, 7) is 0. The van der Waals surface area contributed by atoms with Gasteiger partial charge in [0.25, 0.3) is 0 Å². The second-order valence-corrected chi connectivity index (χ2v) is 9.92. The average Bonchev–Trinajstić information content (AvgIpc) is 3.38. The molecule has 2 N–H and O–H groups in total. The third-order valence-corrected chi connectivity index (χ3v) is 7.06. The minimum Gasteiger partial charge on any atom is -0.380 e. The molecular weight excluding hydrogens is 511 g/mol. The Labute approximate surface area is 209 Å². The van der Waals surface area contributed by atoms with Crippen LogP contribution in [0.3, 0.4) is 0 Å². The molecule has 3 atom stereocenters. The molecule has 9 heteroatoms. The van der Waals surface area contributed by atoms with Gasteiger partial charge in [0.15, 0.2) is 5.78 Å². The molecule has 1 saturated carbocycles. The molecule has 4 rings (SSSR count). The Bertz CT molecular complexity index is 1240. The molecule has 0 aliphatic heterocycles. The van der Waals surface area contributed by atoms with Crippen LogP contribution in [0.15, 0.2) is 66.7 Å². The molecule has 1 fully saturated rings. The maximum absolute atomic E-state index is 13.5. The van der Waals surface area contributed by atoms with Crippen LogP contribution in [-0.2, 0) is 4.79 Å². The number of anilines is 1. The first kappa shape index (κ1) is 24.0. The van der Waals surface area contributed by atoms with E-state index in [9.17, 15) is 19.1 Å². The Morgan fingerprint density at radius 3 is 2.33 bits per heavy atom. The summed E-state index contributed by atoms with van der Waals surface area (Å²) in [5.74, 6) is -3.11. The van der Waals surface area contributed by atoms with E-state index in [0.29, 0.717) is 11.1 Å². The Morgan fingerprint density at radius 1 is 0.970 bits per heavy atom. The first-order valence-electron chi connectivity index (χ1n) is 9.81. The van der Waals surface area contributed by atoms with Gasteiger partial charge in [-0.1, -0.05) is 59.6 Å². The number of aliphatic hydroxyl groups excluding tert-OH is 1. The average molecular weight is 527 g/mol. The lowest BCUT2D eigenvalue weighted by molar-refractivity contribution is -0.117. The number of hydrogen-bond donors (Lipinski definition) is 2. The van der Waals surface area contributed by atoms with E-state index in [2.05, 4.69) is 5.32 Å². The fraction of sp³-hybridized carbons (Fsp3) is 0.167. The number of ketones is 1. The third kappa shape index (κ3) is 4.75. The van der Waals surface area contributed by atoms with Crippen molar-refractivity contribution >= 4 is 63.8 Å². The topological polar surface area (TPSA) is 66.4 Å². The molecule has 3 unspecified atom stereocenters. The van der Waals surface area contributed by atoms with E-state index in [4.69, 9.17) is 46.4 Å². The van der Waals surface area contributed by atoms with Crippen molar-refractivity contribution in [1.82, 2.24) is 0 Å². The van der Waals surface area contributed by atoms with Crippen LogP contribution >= 0.6 is 46.4 Å². The number of hydrogen-bond acceptors (Lipinski definition) is 3. The van der Waals surface area contributed by atoms with Gasteiger partial charge in [-0.25, -0.2) is 4.39 Å². The van der Waals surface area contributed by atoms with Crippen LogP contribution in [0.5, 0.6) is 0 Å². The zero-order valence-electron chi connectivity index (χ0n) is 16.7. The quantitative estimate of drug-likeness (QED) is 0.282. The van der Waals surface area contributed by atoms with Crippen molar-refractivity contribution in [1.29, 1.82) is 0 Å². The van der Waals surface area contributed by atoms with E-state index in [-0.39, 0.29) is 21.3 Å². The second kappa shape index (κ2) is 9.24. The monoisotopic (exact) mass is 525 g/mol. The number of rotatable bonds is 6. The summed E-state index contributed by atoms with van der Waals surface area (Å²) in [6, 6.07) is 16.8. The van der Waals surface area contributed by atoms with Crippen LogP contribution in [0.1, 0.15) is 33.5 Å². The Kier molecular flexibility index (Phi) is 6.72. The van der Waals surface area contributed by atoms with Crippen molar-refractivity contribution in [3.63, 3.8) is 0 Å². The Hall–Kier alpha value is -2.15. The van der Waals surface area contributed by atoms with Gasteiger partial charge in [0.1, 0.15) is 16.3 Å². The molecule has 0 bridgehead atoms. The minimum absolute atomic E-state index is 0.0477. The number of nitrogens with one attached hydrogen (secondary N) is 1. The van der Waals surface area contributed by atoms with Crippen LogP contribution in [0.2, 0.25) is 10.0 Å². The molecule has 0 radical (unpaired) electrons. The van der Waals surface area contributed by atoms with Gasteiger partial charge in [0.2, 0.25) is 5.91 Å². The number of benzene rings is 3. The van der Waals surface area contributed by atoms with Gasteiger partial charge in [-0.3, -0.25) is 9.59 Å². The van der Waals surface area contributed by atoms with Gasteiger partial charge in [-0.15, -0.1) is 23.2 Å². The molecule has 1 aliphatic carbocycles. The van der Waals surface area contributed by atoms with Crippen LogP contribution in [0.4, 0.5) is 10.1 Å². The number of halogens is 5. The normalized spacial score (nSPS) is 19.6.